The molecule has 0 aliphatic heterocycles. The Kier molecular flexibility index (Phi) is 5.43. The van der Waals surface area contributed by atoms with Crippen LogP contribution >= 0.6 is 22.9 Å². The highest BCUT2D eigenvalue weighted by Gasteiger charge is 2.17. The molecular weight excluding hydrogens is 276 g/mol. The summed E-state index contributed by atoms with van der Waals surface area (Å²) in [6.07, 6.45) is 0. The molecule has 1 aromatic heterocycles. The summed E-state index contributed by atoms with van der Waals surface area (Å²) in [5.74, 6) is -1.50. The maximum atomic E-state index is 11.7. The molecule has 5 nitrogen and oxygen atoms in total. The Labute approximate surface area is 114 Å². The van der Waals surface area contributed by atoms with E-state index in [1.165, 1.54) is 16.2 Å². The van der Waals surface area contributed by atoms with Gasteiger partial charge in [0, 0.05) is 18.5 Å². The Morgan fingerprint density at radius 2 is 2.22 bits per heavy atom. The van der Waals surface area contributed by atoms with E-state index < -0.39 is 11.9 Å². The lowest BCUT2D eigenvalue weighted by atomic mass is 10.2. The van der Waals surface area contributed by atoms with Crippen LogP contribution in [0.4, 0.5) is 4.79 Å². The van der Waals surface area contributed by atoms with Crippen molar-refractivity contribution in [3.05, 3.63) is 21.3 Å². The normalized spacial score (nSPS) is 11.9. The fourth-order valence-electron chi connectivity index (χ4n) is 1.32. The van der Waals surface area contributed by atoms with Gasteiger partial charge >= 0.3 is 12.0 Å². The Balaban J connectivity index is 2.38. The molecule has 7 heteroatoms. The second-order valence-electron chi connectivity index (χ2n) is 3.98. The van der Waals surface area contributed by atoms with Gasteiger partial charge in [-0.2, -0.15) is 0 Å². The molecule has 0 fully saturated rings. The van der Waals surface area contributed by atoms with Crippen LogP contribution in [0, 0.1) is 5.92 Å². The predicted molar refractivity (Wildman–Crippen MR) is 71.0 cm³/mol. The molecule has 0 bridgehead atoms. The number of nitrogens with one attached hydrogen (secondary N) is 1. The summed E-state index contributed by atoms with van der Waals surface area (Å²) >= 11 is 7.17. The van der Waals surface area contributed by atoms with Gasteiger partial charge in [0.1, 0.15) is 0 Å². The van der Waals surface area contributed by atoms with Crippen molar-refractivity contribution in [2.45, 2.75) is 13.5 Å². The highest BCUT2D eigenvalue weighted by atomic mass is 35.5. The number of aliphatic carboxylic acids is 1. The first kappa shape index (κ1) is 14.8. The van der Waals surface area contributed by atoms with Crippen LogP contribution in [0.2, 0.25) is 4.34 Å². The molecule has 0 aromatic carbocycles. The minimum Gasteiger partial charge on any atom is -0.481 e. The van der Waals surface area contributed by atoms with Gasteiger partial charge in [0.2, 0.25) is 0 Å². The summed E-state index contributed by atoms with van der Waals surface area (Å²) in [7, 11) is 1.57. The summed E-state index contributed by atoms with van der Waals surface area (Å²) in [5, 5.41) is 11.5. The number of hydrogen-bond donors (Lipinski definition) is 2. The van der Waals surface area contributed by atoms with Gasteiger partial charge in [-0.25, -0.2) is 4.79 Å². The van der Waals surface area contributed by atoms with Gasteiger partial charge in [-0.05, 0) is 12.1 Å². The maximum Gasteiger partial charge on any atom is 0.317 e. The number of rotatable bonds is 5. The third kappa shape index (κ3) is 4.54. The molecule has 0 aliphatic rings. The SMILES string of the molecule is CC(CN(C)C(=O)NCc1ccc(Cl)s1)C(=O)O. The van der Waals surface area contributed by atoms with E-state index in [4.69, 9.17) is 16.7 Å². The van der Waals surface area contributed by atoms with Crippen molar-refractivity contribution in [1.82, 2.24) is 10.2 Å². The third-order valence-electron chi connectivity index (χ3n) is 2.36. The fraction of sp³-hybridized carbons (Fsp3) is 0.455. The van der Waals surface area contributed by atoms with E-state index in [-0.39, 0.29) is 12.6 Å². The van der Waals surface area contributed by atoms with Gasteiger partial charge < -0.3 is 15.3 Å². The van der Waals surface area contributed by atoms with Gasteiger partial charge in [-0.1, -0.05) is 18.5 Å². The summed E-state index contributed by atoms with van der Waals surface area (Å²) in [5.41, 5.74) is 0. The molecule has 0 radical (unpaired) electrons. The zero-order valence-electron chi connectivity index (χ0n) is 10.1. The monoisotopic (exact) mass is 290 g/mol. The maximum absolute atomic E-state index is 11.7. The molecule has 100 valence electrons. The minimum atomic E-state index is -0.917. The molecule has 1 atom stereocenters. The Morgan fingerprint density at radius 1 is 1.56 bits per heavy atom. The van der Waals surface area contributed by atoms with E-state index in [2.05, 4.69) is 5.32 Å². The van der Waals surface area contributed by atoms with Crippen molar-refractivity contribution >= 4 is 34.9 Å². The van der Waals surface area contributed by atoms with Crippen LogP contribution in [0.25, 0.3) is 0 Å². The molecule has 0 spiro atoms. The highest BCUT2D eigenvalue weighted by Crippen LogP contribution is 2.20. The second kappa shape index (κ2) is 6.61. The standard InChI is InChI=1S/C11H15ClN2O3S/c1-7(10(15)16)6-14(2)11(17)13-5-8-3-4-9(12)18-8/h3-4,7H,5-6H2,1-2H3,(H,13,17)(H,15,16). The van der Waals surface area contributed by atoms with E-state index in [9.17, 15) is 9.59 Å². The van der Waals surface area contributed by atoms with Crippen molar-refractivity contribution < 1.29 is 14.7 Å². The third-order valence-corrected chi connectivity index (χ3v) is 3.59. The van der Waals surface area contributed by atoms with Crippen molar-refractivity contribution in [3.8, 4) is 0 Å². The van der Waals surface area contributed by atoms with E-state index in [0.29, 0.717) is 10.9 Å². The molecule has 1 rings (SSSR count). The number of amides is 2. The van der Waals surface area contributed by atoms with Crippen molar-refractivity contribution in [2.24, 2.45) is 5.92 Å². The van der Waals surface area contributed by atoms with Crippen LogP contribution in [0.15, 0.2) is 12.1 Å². The minimum absolute atomic E-state index is 0.173. The van der Waals surface area contributed by atoms with Gasteiger partial charge in [0.15, 0.2) is 0 Å². The molecule has 0 saturated heterocycles. The molecule has 0 aliphatic carbocycles. The number of urea groups is 1. The van der Waals surface area contributed by atoms with Crippen LogP contribution in [0.1, 0.15) is 11.8 Å². The summed E-state index contributed by atoms with van der Waals surface area (Å²) < 4.78 is 0.673. The molecule has 1 aromatic rings. The first-order valence-corrected chi connectivity index (χ1v) is 6.55. The van der Waals surface area contributed by atoms with Crippen LogP contribution < -0.4 is 5.32 Å². The fourth-order valence-corrected chi connectivity index (χ4v) is 2.34. The molecule has 1 unspecified atom stereocenters. The quantitative estimate of drug-likeness (QED) is 0.874. The van der Waals surface area contributed by atoms with Crippen molar-refractivity contribution in [2.75, 3.05) is 13.6 Å². The van der Waals surface area contributed by atoms with Gasteiger partial charge in [0.05, 0.1) is 16.8 Å². The zero-order valence-corrected chi connectivity index (χ0v) is 11.7. The molecule has 18 heavy (non-hydrogen) atoms. The summed E-state index contributed by atoms with van der Waals surface area (Å²) in [6, 6.07) is 3.31. The number of thiophene rings is 1. The van der Waals surface area contributed by atoms with E-state index in [1.54, 1.807) is 20.0 Å². The molecule has 1 heterocycles. The largest absolute Gasteiger partial charge is 0.481 e. The molecular formula is C11H15ClN2O3S. The van der Waals surface area contributed by atoms with Crippen molar-refractivity contribution in [1.29, 1.82) is 0 Å². The van der Waals surface area contributed by atoms with E-state index in [1.807, 2.05) is 6.07 Å². The number of carbonyl (C=O) groups excluding carboxylic acids is 1. The average molecular weight is 291 g/mol. The topological polar surface area (TPSA) is 69.6 Å². The Hall–Kier alpha value is -1.27. The summed E-state index contributed by atoms with van der Waals surface area (Å²) in [4.78, 5) is 24.6. The first-order valence-electron chi connectivity index (χ1n) is 5.36. The molecule has 0 saturated carbocycles. The summed E-state index contributed by atoms with van der Waals surface area (Å²) in [6.45, 7) is 2.12. The van der Waals surface area contributed by atoms with Crippen LogP contribution in [0.3, 0.4) is 0 Å². The number of carboxylic acids is 1. The second-order valence-corrected chi connectivity index (χ2v) is 5.78. The average Bonchev–Trinajstić information content (AvgIpc) is 2.71. The number of hydrogen-bond acceptors (Lipinski definition) is 3. The van der Waals surface area contributed by atoms with Gasteiger partial charge in [-0.15, -0.1) is 11.3 Å². The van der Waals surface area contributed by atoms with Crippen LogP contribution in [-0.2, 0) is 11.3 Å². The Morgan fingerprint density at radius 3 is 2.72 bits per heavy atom. The molecule has 2 amide bonds. The number of nitrogens with zero attached hydrogens (tertiary/aromatic N) is 1. The lowest BCUT2D eigenvalue weighted by molar-refractivity contribution is -0.141. The number of halogens is 1. The van der Waals surface area contributed by atoms with Crippen LogP contribution in [-0.4, -0.2) is 35.6 Å². The van der Waals surface area contributed by atoms with E-state index in [0.717, 1.165) is 4.88 Å². The zero-order chi connectivity index (χ0) is 13.7. The van der Waals surface area contributed by atoms with Crippen LogP contribution in [0.5, 0.6) is 0 Å². The smallest absolute Gasteiger partial charge is 0.317 e. The van der Waals surface area contributed by atoms with Crippen molar-refractivity contribution in [3.63, 3.8) is 0 Å². The van der Waals surface area contributed by atoms with Gasteiger partial charge in [-0.3, -0.25) is 4.79 Å². The predicted octanol–water partition coefficient (Wildman–Crippen LogP) is 2.26. The molecule has 2 N–H and O–H groups in total. The number of carboxylic acid groups (broad SMARTS) is 1. The van der Waals surface area contributed by atoms with Gasteiger partial charge in [0.25, 0.3) is 0 Å². The lowest BCUT2D eigenvalue weighted by Gasteiger charge is -2.19. The Bertz CT molecular complexity index is 436. The lowest BCUT2D eigenvalue weighted by Crippen LogP contribution is -2.40. The first-order chi connectivity index (χ1) is 8.40. The van der Waals surface area contributed by atoms with E-state index >= 15 is 0 Å². The highest BCUT2D eigenvalue weighted by molar-refractivity contribution is 7.16. The number of carbonyl (C=O) groups is 2.